The molecule has 0 aliphatic rings. The maximum atomic E-state index is 6.41. The number of nitrogens with two attached hydrogens (primary N) is 1. The van der Waals surface area contributed by atoms with Crippen LogP contribution >= 0.6 is 35.0 Å². The highest BCUT2D eigenvalue weighted by atomic mass is 35.5. The third-order valence-electron chi connectivity index (χ3n) is 3.46. The van der Waals surface area contributed by atoms with Gasteiger partial charge in [0.15, 0.2) is 5.82 Å². The Morgan fingerprint density at radius 1 is 1.17 bits per heavy atom. The van der Waals surface area contributed by atoms with Gasteiger partial charge in [-0.15, -0.1) is 11.8 Å². The Morgan fingerprint density at radius 2 is 1.96 bits per heavy atom. The lowest BCUT2D eigenvalue weighted by Gasteiger charge is -2.20. The minimum atomic E-state index is -0.0930. The number of hydrogen-bond donors (Lipinski definition) is 1. The van der Waals surface area contributed by atoms with Crippen molar-refractivity contribution in [2.75, 3.05) is 5.73 Å². The molecule has 2 aromatic carbocycles. The first-order valence-electron chi connectivity index (χ1n) is 7.24. The van der Waals surface area contributed by atoms with Crippen molar-refractivity contribution in [1.29, 1.82) is 0 Å². The number of halogens is 2. The first-order chi connectivity index (χ1) is 11.5. The van der Waals surface area contributed by atoms with E-state index >= 15 is 0 Å². The molecule has 0 aliphatic carbocycles. The first kappa shape index (κ1) is 17.1. The minimum absolute atomic E-state index is 0.0930. The van der Waals surface area contributed by atoms with Gasteiger partial charge in [0.1, 0.15) is 0 Å². The van der Waals surface area contributed by atoms with Gasteiger partial charge in [-0.1, -0.05) is 46.6 Å². The predicted octanol–water partition coefficient (Wildman–Crippen LogP) is 5.29. The van der Waals surface area contributed by atoms with Crippen molar-refractivity contribution in [2.45, 2.75) is 17.9 Å². The summed E-state index contributed by atoms with van der Waals surface area (Å²) < 4.78 is 5.20. The van der Waals surface area contributed by atoms with Gasteiger partial charge >= 0.3 is 0 Å². The molecule has 3 aromatic rings. The van der Waals surface area contributed by atoms with Crippen LogP contribution in [0.3, 0.4) is 0 Å². The van der Waals surface area contributed by atoms with Crippen LogP contribution < -0.4 is 5.73 Å². The van der Waals surface area contributed by atoms with E-state index in [9.17, 15) is 0 Å². The van der Waals surface area contributed by atoms with Crippen LogP contribution in [0.2, 0.25) is 10.0 Å². The Hall–Kier alpha value is -1.69. The van der Waals surface area contributed by atoms with E-state index < -0.39 is 0 Å². The van der Waals surface area contributed by atoms with Crippen LogP contribution in [0.5, 0.6) is 0 Å². The van der Waals surface area contributed by atoms with Gasteiger partial charge < -0.3 is 10.3 Å². The van der Waals surface area contributed by atoms with E-state index in [0.717, 1.165) is 11.1 Å². The number of nitrogen functional groups attached to an aromatic ring is 1. The molecule has 1 atom stereocenters. The summed E-state index contributed by atoms with van der Waals surface area (Å²) in [6.07, 6.45) is 0. The lowest BCUT2D eigenvalue weighted by molar-refractivity contribution is 0.387. The normalized spacial score (nSPS) is 12.3. The summed E-state index contributed by atoms with van der Waals surface area (Å²) >= 11 is 14.2. The third-order valence-corrected chi connectivity index (χ3v) is 5.30. The highest BCUT2D eigenvalue weighted by molar-refractivity contribution is 7.98. The smallest absolute Gasteiger partial charge is 0.236 e. The fraction of sp³-hybridized carbons (Fsp3) is 0.176. The summed E-state index contributed by atoms with van der Waals surface area (Å²) in [5, 5.41) is 5.03. The molecule has 0 saturated heterocycles. The van der Waals surface area contributed by atoms with Crippen molar-refractivity contribution >= 4 is 40.7 Å². The zero-order valence-corrected chi connectivity index (χ0v) is 15.2. The third kappa shape index (κ3) is 3.86. The number of nitrogens with zero attached hydrogens (tertiary/aromatic N) is 2. The Balaban J connectivity index is 1.97. The van der Waals surface area contributed by atoms with E-state index in [-0.39, 0.29) is 5.25 Å². The van der Waals surface area contributed by atoms with Crippen molar-refractivity contribution in [3.63, 3.8) is 0 Å². The Morgan fingerprint density at radius 3 is 2.67 bits per heavy atom. The van der Waals surface area contributed by atoms with Crippen molar-refractivity contribution < 1.29 is 4.52 Å². The summed E-state index contributed by atoms with van der Waals surface area (Å²) in [6.45, 7) is 1.79. The molecule has 0 saturated carbocycles. The molecule has 2 N–H and O–H groups in total. The number of benzene rings is 2. The molecular formula is C17H15Cl2N3OS. The Kier molecular flexibility index (Phi) is 5.33. The number of rotatable bonds is 5. The lowest BCUT2D eigenvalue weighted by atomic mass is 10.0. The summed E-state index contributed by atoms with van der Waals surface area (Å²) in [4.78, 5) is 4.24. The molecule has 0 bridgehead atoms. The molecule has 24 heavy (non-hydrogen) atoms. The van der Waals surface area contributed by atoms with Gasteiger partial charge in [0.25, 0.3) is 0 Å². The molecule has 7 heteroatoms. The second-order valence-electron chi connectivity index (χ2n) is 5.22. The average Bonchev–Trinajstić information content (AvgIpc) is 2.98. The molecule has 0 aliphatic heterocycles. The number of aryl methyl sites for hydroxylation is 1. The monoisotopic (exact) mass is 379 g/mol. The zero-order valence-electron chi connectivity index (χ0n) is 12.9. The van der Waals surface area contributed by atoms with Crippen LogP contribution in [0, 0.1) is 6.92 Å². The molecule has 0 spiro atoms. The van der Waals surface area contributed by atoms with Crippen LogP contribution in [0.25, 0.3) is 0 Å². The molecule has 124 valence electrons. The van der Waals surface area contributed by atoms with Crippen LogP contribution in [0.4, 0.5) is 5.69 Å². The molecule has 0 amide bonds. The predicted molar refractivity (Wildman–Crippen MR) is 99.5 cm³/mol. The van der Waals surface area contributed by atoms with Gasteiger partial charge in [-0.3, -0.25) is 0 Å². The fourth-order valence-electron chi connectivity index (χ4n) is 2.36. The number of hydrogen-bond acceptors (Lipinski definition) is 5. The largest absolute Gasteiger partial charge is 0.398 e. The molecular weight excluding hydrogens is 365 g/mol. The summed E-state index contributed by atoms with van der Waals surface area (Å²) in [5.74, 6) is 1.72. The maximum Gasteiger partial charge on any atom is 0.236 e. The zero-order chi connectivity index (χ0) is 17.1. The van der Waals surface area contributed by atoms with E-state index in [1.54, 1.807) is 30.8 Å². The standard InChI is InChI=1S/C17H15Cl2N3OS/c1-10-21-16(23-22-10)9-24-17(12-4-2-3-5-14(12)19)13-8-11(18)6-7-15(13)20/h2-8,17H,9,20H2,1H3. The second-order valence-corrected chi connectivity index (χ2v) is 7.16. The lowest BCUT2D eigenvalue weighted by Crippen LogP contribution is -2.03. The SMILES string of the molecule is Cc1noc(CSC(c2cc(Cl)ccc2N)c2ccccc2Cl)n1. The summed E-state index contributed by atoms with van der Waals surface area (Å²) in [5.41, 5.74) is 8.73. The van der Waals surface area contributed by atoms with E-state index in [2.05, 4.69) is 10.1 Å². The number of aromatic nitrogens is 2. The summed E-state index contributed by atoms with van der Waals surface area (Å²) in [7, 11) is 0. The highest BCUT2D eigenvalue weighted by Gasteiger charge is 2.21. The molecule has 3 rings (SSSR count). The highest BCUT2D eigenvalue weighted by Crippen LogP contribution is 2.43. The van der Waals surface area contributed by atoms with Gasteiger partial charge in [0, 0.05) is 15.7 Å². The molecule has 0 fully saturated rings. The van der Waals surface area contributed by atoms with Gasteiger partial charge in [0.05, 0.1) is 11.0 Å². The topological polar surface area (TPSA) is 64.9 Å². The van der Waals surface area contributed by atoms with E-state index in [0.29, 0.717) is 33.2 Å². The van der Waals surface area contributed by atoms with Crippen LogP contribution in [-0.4, -0.2) is 10.1 Å². The van der Waals surface area contributed by atoms with Gasteiger partial charge in [-0.2, -0.15) is 4.98 Å². The number of thioether (sulfide) groups is 1. The average molecular weight is 380 g/mol. The minimum Gasteiger partial charge on any atom is -0.398 e. The van der Waals surface area contributed by atoms with E-state index in [4.69, 9.17) is 33.5 Å². The van der Waals surface area contributed by atoms with E-state index in [1.165, 1.54) is 0 Å². The van der Waals surface area contributed by atoms with Crippen molar-refractivity contribution in [3.8, 4) is 0 Å². The maximum absolute atomic E-state index is 6.41. The first-order valence-corrected chi connectivity index (χ1v) is 9.05. The summed E-state index contributed by atoms with van der Waals surface area (Å²) in [6, 6.07) is 13.1. The van der Waals surface area contributed by atoms with Crippen molar-refractivity contribution in [2.24, 2.45) is 0 Å². The number of anilines is 1. The van der Waals surface area contributed by atoms with Gasteiger partial charge in [-0.25, -0.2) is 0 Å². The Labute approximate surface area is 154 Å². The molecule has 4 nitrogen and oxygen atoms in total. The van der Waals surface area contributed by atoms with Crippen LogP contribution in [0.1, 0.15) is 28.1 Å². The fourth-order valence-corrected chi connectivity index (χ4v) is 4.05. The van der Waals surface area contributed by atoms with E-state index in [1.807, 2.05) is 30.3 Å². The molecule has 0 radical (unpaired) electrons. The van der Waals surface area contributed by atoms with Crippen LogP contribution in [0.15, 0.2) is 47.0 Å². The molecule has 1 aromatic heterocycles. The second kappa shape index (κ2) is 7.47. The van der Waals surface area contributed by atoms with Gasteiger partial charge in [0.2, 0.25) is 5.89 Å². The van der Waals surface area contributed by atoms with Gasteiger partial charge in [-0.05, 0) is 42.3 Å². The van der Waals surface area contributed by atoms with Crippen LogP contribution in [-0.2, 0) is 5.75 Å². The van der Waals surface area contributed by atoms with Crippen molar-refractivity contribution in [3.05, 3.63) is 75.4 Å². The molecule has 1 unspecified atom stereocenters. The quantitative estimate of drug-likeness (QED) is 0.610. The van der Waals surface area contributed by atoms with Crippen molar-refractivity contribution in [1.82, 2.24) is 10.1 Å². The molecule has 1 heterocycles. The Bertz CT molecular complexity index is 853.